The molecule has 2 N–H and O–H groups in total. The number of fused-ring (bicyclic) bond motifs is 2. The highest BCUT2D eigenvalue weighted by Crippen LogP contribution is 2.29. The van der Waals surface area contributed by atoms with Crippen molar-refractivity contribution in [2.45, 2.75) is 24.5 Å². The van der Waals surface area contributed by atoms with Gasteiger partial charge in [0.1, 0.15) is 0 Å². The topological polar surface area (TPSA) is 63.9 Å². The van der Waals surface area contributed by atoms with Gasteiger partial charge in [0.15, 0.2) is 0 Å². The molecule has 130 valence electrons. The van der Waals surface area contributed by atoms with Crippen LogP contribution in [0.1, 0.15) is 11.4 Å². The number of thioether (sulfide) groups is 1. The van der Waals surface area contributed by atoms with Crippen molar-refractivity contribution in [1.29, 1.82) is 0 Å². The molecule has 0 atom stereocenters. The standard InChI is InChI=1S/C18H21N5OS/c1-22-11-17(15-4-2-3-5-16(15)22)25-12-18(24)20-9-13-8-14-10-19-6-7-23(14)21-13/h2-5,8,11,19H,6-7,9-10,12H2,1H3,(H,20,24). The normalized spacial score (nSPS) is 13.8. The molecule has 0 unspecified atom stereocenters. The number of nitrogens with one attached hydrogen (secondary N) is 2. The van der Waals surface area contributed by atoms with Gasteiger partial charge in [0, 0.05) is 42.1 Å². The summed E-state index contributed by atoms with van der Waals surface area (Å²) in [4.78, 5) is 13.3. The summed E-state index contributed by atoms with van der Waals surface area (Å²) < 4.78 is 4.11. The third kappa shape index (κ3) is 3.43. The maximum Gasteiger partial charge on any atom is 0.230 e. The minimum atomic E-state index is 0.0297. The van der Waals surface area contributed by atoms with Gasteiger partial charge in [-0.1, -0.05) is 18.2 Å². The molecule has 1 aliphatic rings. The molecule has 1 aromatic carbocycles. The fourth-order valence-electron chi connectivity index (χ4n) is 3.14. The zero-order valence-electron chi connectivity index (χ0n) is 14.2. The van der Waals surface area contributed by atoms with E-state index < -0.39 is 0 Å². The molecule has 4 rings (SSSR count). The van der Waals surface area contributed by atoms with Gasteiger partial charge in [-0.3, -0.25) is 9.48 Å². The molecule has 0 saturated carbocycles. The zero-order valence-corrected chi connectivity index (χ0v) is 15.0. The predicted molar refractivity (Wildman–Crippen MR) is 99.4 cm³/mol. The predicted octanol–water partition coefficient (Wildman–Crippen LogP) is 1.89. The Labute approximate surface area is 150 Å². The molecular formula is C18H21N5OS. The maximum atomic E-state index is 12.2. The molecule has 1 aliphatic heterocycles. The summed E-state index contributed by atoms with van der Waals surface area (Å²) in [6, 6.07) is 10.3. The van der Waals surface area contributed by atoms with Crippen molar-refractivity contribution in [1.82, 2.24) is 25.0 Å². The van der Waals surface area contributed by atoms with E-state index >= 15 is 0 Å². The van der Waals surface area contributed by atoms with Gasteiger partial charge in [0.05, 0.1) is 30.2 Å². The molecule has 6 nitrogen and oxygen atoms in total. The SMILES string of the molecule is Cn1cc(SCC(=O)NCc2cc3n(n2)CCNC3)c2ccccc21. The minimum Gasteiger partial charge on any atom is -0.350 e. The van der Waals surface area contributed by atoms with Gasteiger partial charge in [-0.25, -0.2) is 0 Å². The van der Waals surface area contributed by atoms with Crippen molar-refractivity contribution in [3.05, 3.63) is 47.9 Å². The average Bonchev–Trinajstić information content (AvgIpc) is 3.19. The van der Waals surface area contributed by atoms with Crippen molar-refractivity contribution >= 4 is 28.6 Å². The summed E-state index contributed by atoms with van der Waals surface area (Å²) in [7, 11) is 2.03. The van der Waals surface area contributed by atoms with E-state index in [2.05, 4.69) is 44.7 Å². The molecular weight excluding hydrogens is 334 g/mol. The number of aryl methyl sites for hydroxylation is 1. The fourth-order valence-corrected chi connectivity index (χ4v) is 4.09. The van der Waals surface area contributed by atoms with Crippen molar-refractivity contribution in [3.8, 4) is 0 Å². The molecule has 0 spiro atoms. The monoisotopic (exact) mass is 355 g/mol. The quantitative estimate of drug-likeness (QED) is 0.686. The Balaban J connectivity index is 1.34. The van der Waals surface area contributed by atoms with E-state index in [4.69, 9.17) is 0 Å². The first-order valence-corrected chi connectivity index (χ1v) is 9.39. The average molecular weight is 355 g/mol. The van der Waals surface area contributed by atoms with Gasteiger partial charge >= 0.3 is 0 Å². The summed E-state index contributed by atoms with van der Waals surface area (Å²) in [5, 5.41) is 12.0. The molecule has 3 heterocycles. The van der Waals surface area contributed by atoms with Gasteiger partial charge in [0.2, 0.25) is 5.91 Å². The van der Waals surface area contributed by atoms with E-state index in [1.807, 2.05) is 23.9 Å². The zero-order chi connectivity index (χ0) is 17.2. The second kappa shape index (κ2) is 6.93. The largest absolute Gasteiger partial charge is 0.350 e. The third-order valence-corrected chi connectivity index (χ3v) is 5.45. The van der Waals surface area contributed by atoms with Crippen LogP contribution in [0.25, 0.3) is 10.9 Å². The first-order valence-electron chi connectivity index (χ1n) is 8.40. The van der Waals surface area contributed by atoms with Crippen LogP contribution in [0.15, 0.2) is 41.4 Å². The molecule has 0 radical (unpaired) electrons. The number of rotatable bonds is 5. The van der Waals surface area contributed by atoms with Gasteiger partial charge in [-0.2, -0.15) is 5.10 Å². The van der Waals surface area contributed by atoms with Crippen molar-refractivity contribution in [3.63, 3.8) is 0 Å². The number of amides is 1. The third-order valence-electron chi connectivity index (χ3n) is 4.41. The summed E-state index contributed by atoms with van der Waals surface area (Å²) in [5.74, 6) is 0.436. The van der Waals surface area contributed by atoms with Crippen LogP contribution < -0.4 is 10.6 Å². The molecule has 25 heavy (non-hydrogen) atoms. The molecule has 3 aromatic rings. The van der Waals surface area contributed by atoms with Crippen LogP contribution in [0.5, 0.6) is 0 Å². The summed E-state index contributed by atoms with van der Waals surface area (Å²) in [6.07, 6.45) is 2.08. The second-order valence-corrected chi connectivity index (χ2v) is 7.23. The molecule has 0 saturated heterocycles. The summed E-state index contributed by atoms with van der Waals surface area (Å²) in [5.41, 5.74) is 3.28. The van der Waals surface area contributed by atoms with E-state index in [9.17, 15) is 4.79 Å². The lowest BCUT2D eigenvalue weighted by atomic mass is 10.2. The van der Waals surface area contributed by atoms with Crippen LogP contribution in [0.2, 0.25) is 0 Å². The van der Waals surface area contributed by atoms with E-state index in [1.165, 1.54) is 16.6 Å². The van der Waals surface area contributed by atoms with Crippen LogP contribution in [0.4, 0.5) is 0 Å². The molecule has 0 bridgehead atoms. The molecule has 1 amide bonds. The first-order chi connectivity index (χ1) is 12.2. The number of aromatic nitrogens is 3. The number of hydrogen-bond donors (Lipinski definition) is 2. The lowest BCUT2D eigenvalue weighted by Crippen LogP contribution is -2.28. The Morgan fingerprint density at radius 2 is 2.28 bits per heavy atom. The van der Waals surface area contributed by atoms with Crippen LogP contribution in [0, 0.1) is 0 Å². The number of hydrogen-bond acceptors (Lipinski definition) is 4. The van der Waals surface area contributed by atoms with Crippen LogP contribution in [-0.4, -0.2) is 32.6 Å². The highest BCUT2D eigenvalue weighted by atomic mass is 32.2. The lowest BCUT2D eigenvalue weighted by molar-refractivity contribution is -0.118. The molecule has 0 aliphatic carbocycles. The van der Waals surface area contributed by atoms with Crippen LogP contribution in [-0.2, 0) is 31.5 Å². The number of para-hydroxylation sites is 1. The summed E-state index contributed by atoms with van der Waals surface area (Å²) in [6.45, 7) is 3.16. The number of benzene rings is 1. The number of nitrogens with zero attached hydrogens (tertiary/aromatic N) is 3. The van der Waals surface area contributed by atoms with Crippen LogP contribution >= 0.6 is 11.8 Å². The van der Waals surface area contributed by atoms with E-state index in [1.54, 1.807) is 11.8 Å². The summed E-state index contributed by atoms with van der Waals surface area (Å²) >= 11 is 1.57. The number of carbonyl (C=O) groups excluding carboxylic acids is 1. The molecule has 7 heteroatoms. The maximum absolute atomic E-state index is 12.2. The van der Waals surface area contributed by atoms with Crippen molar-refractivity contribution in [2.75, 3.05) is 12.3 Å². The smallest absolute Gasteiger partial charge is 0.230 e. The Bertz CT molecular complexity index is 890. The lowest BCUT2D eigenvalue weighted by Gasteiger charge is -2.13. The highest BCUT2D eigenvalue weighted by molar-refractivity contribution is 8.00. The minimum absolute atomic E-state index is 0.0297. The van der Waals surface area contributed by atoms with Crippen molar-refractivity contribution in [2.24, 2.45) is 7.05 Å². The molecule has 2 aromatic heterocycles. The van der Waals surface area contributed by atoms with Gasteiger partial charge < -0.3 is 15.2 Å². The Hall–Kier alpha value is -2.25. The fraction of sp³-hybridized carbons (Fsp3) is 0.333. The van der Waals surface area contributed by atoms with Gasteiger partial charge in [0.25, 0.3) is 0 Å². The van der Waals surface area contributed by atoms with Crippen LogP contribution in [0.3, 0.4) is 0 Å². The first kappa shape index (κ1) is 16.2. The van der Waals surface area contributed by atoms with E-state index in [-0.39, 0.29) is 5.91 Å². The van der Waals surface area contributed by atoms with Crippen molar-refractivity contribution < 1.29 is 4.79 Å². The van der Waals surface area contributed by atoms with Gasteiger partial charge in [-0.05, 0) is 12.1 Å². The Kier molecular flexibility index (Phi) is 4.50. The highest BCUT2D eigenvalue weighted by Gasteiger charge is 2.13. The van der Waals surface area contributed by atoms with Gasteiger partial charge in [-0.15, -0.1) is 11.8 Å². The van der Waals surface area contributed by atoms with E-state index in [0.29, 0.717) is 12.3 Å². The Morgan fingerprint density at radius 3 is 3.16 bits per heavy atom. The second-order valence-electron chi connectivity index (χ2n) is 6.21. The number of carbonyl (C=O) groups is 1. The van der Waals surface area contributed by atoms with E-state index in [0.717, 1.165) is 30.2 Å². The Morgan fingerprint density at radius 1 is 1.40 bits per heavy atom. The molecule has 0 fully saturated rings.